The first kappa shape index (κ1) is 14.3. The third-order valence-electron chi connectivity index (χ3n) is 2.90. The molecule has 1 atom stereocenters. The van der Waals surface area contributed by atoms with E-state index in [2.05, 4.69) is 22.6 Å². The molecule has 0 heterocycles. The lowest BCUT2D eigenvalue weighted by atomic mass is 10.0. The third-order valence-corrected chi connectivity index (χ3v) is 3.62. The molecule has 0 saturated carbocycles. The summed E-state index contributed by atoms with van der Waals surface area (Å²) in [6.07, 6.45) is -0.258. The van der Waals surface area contributed by atoms with Crippen LogP contribution in [0.1, 0.15) is 17.2 Å². The first-order chi connectivity index (χ1) is 9.10. The average molecular weight is 372 g/mol. The van der Waals surface area contributed by atoms with E-state index in [-0.39, 0.29) is 5.75 Å². The standard InChI is InChI=1S/C15H14FIO2/c1-19-15-7-2-10(8-13(15)16)9-14(18)11-3-5-12(17)6-4-11/h2-8,14,18H,9H2,1H3. The van der Waals surface area contributed by atoms with Crippen LogP contribution in [0.2, 0.25) is 0 Å². The largest absolute Gasteiger partial charge is 0.494 e. The lowest BCUT2D eigenvalue weighted by Crippen LogP contribution is -2.02. The van der Waals surface area contributed by atoms with Gasteiger partial charge in [0.1, 0.15) is 0 Å². The predicted molar refractivity (Wildman–Crippen MR) is 80.8 cm³/mol. The highest BCUT2D eigenvalue weighted by Gasteiger charge is 2.10. The van der Waals surface area contributed by atoms with Crippen molar-refractivity contribution >= 4 is 22.6 Å². The van der Waals surface area contributed by atoms with Gasteiger partial charge in [-0.2, -0.15) is 0 Å². The van der Waals surface area contributed by atoms with Crippen LogP contribution < -0.4 is 4.74 Å². The highest BCUT2D eigenvalue weighted by atomic mass is 127. The van der Waals surface area contributed by atoms with Crippen molar-refractivity contribution in [3.8, 4) is 5.75 Å². The second kappa shape index (κ2) is 6.34. The summed E-state index contributed by atoms with van der Waals surface area (Å²) in [5.74, 6) is -0.192. The minimum absolute atomic E-state index is 0.215. The van der Waals surface area contributed by atoms with Crippen LogP contribution in [0.4, 0.5) is 4.39 Å². The molecule has 0 spiro atoms. The molecule has 0 aliphatic carbocycles. The first-order valence-corrected chi connectivity index (χ1v) is 6.94. The van der Waals surface area contributed by atoms with Crippen LogP contribution in [0, 0.1) is 9.39 Å². The lowest BCUT2D eigenvalue weighted by Gasteiger charge is -2.12. The first-order valence-electron chi connectivity index (χ1n) is 5.86. The molecular weight excluding hydrogens is 358 g/mol. The maximum absolute atomic E-state index is 13.5. The number of hydrogen-bond acceptors (Lipinski definition) is 2. The maximum atomic E-state index is 13.5. The number of aliphatic hydroxyl groups is 1. The molecule has 0 aliphatic rings. The molecule has 2 aromatic carbocycles. The van der Waals surface area contributed by atoms with Gasteiger partial charge >= 0.3 is 0 Å². The van der Waals surface area contributed by atoms with E-state index in [0.717, 1.165) is 14.7 Å². The van der Waals surface area contributed by atoms with E-state index < -0.39 is 11.9 Å². The Morgan fingerprint density at radius 3 is 2.47 bits per heavy atom. The number of benzene rings is 2. The summed E-state index contributed by atoms with van der Waals surface area (Å²) < 4.78 is 19.5. The molecule has 2 rings (SSSR count). The molecule has 0 bridgehead atoms. The predicted octanol–water partition coefficient (Wildman–Crippen LogP) is 3.72. The van der Waals surface area contributed by atoms with E-state index in [9.17, 15) is 9.50 Å². The molecule has 2 aromatic rings. The van der Waals surface area contributed by atoms with Crippen molar-refractivity contribution in [2.45, 2.75) is 12.5 Å². The number of ether oxygens (including phenoxy) is 1. The van der Waals surface area contributed by atoms with Gasteiger partial charge in [-0.05, 0) is 58.0 Å². The molecular formula is C15H14FIO2. The third kappa shape index (κ3) is 3.67. The van der Waals surface area contributed by atoms with Gasteiger partial charge in [0.2, 0.25) is 0 Å². The van der Waals surface area contributed by atoms with E-state index in [4.69, 9.17) is 4.74 Å². The average Bonchev–Trinajstić information content (AvgIpc) is 2.39. The van der Waals surface area contributed by atoms with Crippen LogP contribution in [0.3, 0.4) is 0 Å². The van der Waals surface area contributed by atoms with Crippen LogP contribution in [0.25, 0.3) is 0 Å². The summed E-state index contributed by atoms with van der Waals surface area (Å²) in [6, 6.07) is 12.4. The summed E-state index contributed by atoms with van der Waals surface area (Å²) in [5.41, 5.74) is 1.57. The van der Waals surface area contributed by atoms with Gasteiger partial charge in [-0.3, -0.25) is 0 Å². The van der Waals surface area contributed by atoms with Gasteiger partial charge in [0.05, 0.1) is 13.2 Å². The second-order valence-corrected chi connectivity index (χ2v) is 5.49. The van der Waals surface area contributed by atoms with Gasteiger partial charge in [0.25, 0.3) is 0 Å². The van der Waals surface area contributed by atoms with Gasteiger partial charge in [-0.25, -0.2) is 4.39 Å². The van der Waals surface area contributed by atoms with Crippen molar-refractivity contribution < 1.29 is 14.2 Å². The number of rotatable bonds is 4. The second-order valence-electron chi connectivity index (χ2n) is 4.24. The molecule has 2 nitrogen and oxygen atoms in total. The molecule has 19 heavy (non-hydrogen) atoms. The smallest absolute Gasteiger partial charge is 0.165 e. The monoisotopic (exact) mass is 372 g/mol. The molecule has 1 unspecified atom stereocenters. The molecule has 1 N–H and O–H groups in total. The van der Waals surface area contributed by atoms with E-state index >= 15 is 0 Å². The molecule has 0 saturated heterocycles. The fourth-order valence-corrected chi connectivity index (χ4v) is 2.22. The Kier molecular flexibility index (Phi) is 4.76. The van der Waals surface area contributed by atoms with Crippen LogP contribution in [-0.4, -0.2) is 12.2 Å². The Bertz CT molecular complexity index is 555. The minimum atomic E-state index is -0.634. The van der Waals surface area contributed by atoms with Crippen molar-refractivity contribution in [2.75, 3.05) is 7.11 Å². The zero-order chi connectivity index (χ0) is 13.8. The SMILES string of the molecule is COc1ccc(CC(O)c2ccc(I)cc2)cc1F. The zero-order valence-corrected chi connectivity index (χ0v) is 12.6. The quantitative estimate of drug-likeness (QED) is 0.830. The number of halogens is 2. The number of aliphatic hydroxyl groups excluding tert-OH is 1. The van der Waals surface area contributed by atoms with E-state index in [1.165, 1.54) is 13.2 Å². The zero-order valence-electron chi connectivity index (χ0n) is 10.4. The molecule has 100 valence electrons. The highest BCUT2D eigenvalue weighted by molar-refractivity contribution is 14.1. The Balaban J connectivity index is 2.12. The van der Waals surface area contributed by atoms with E-state index in [1.54, 1.807) is 12.1 Å². The Hall–Kier alpha value is -1.14. The fraction of sp³-hybridized carbons (Fsp3) is 0.200. The van der Waals surface area contributed by atoms with Crippen LogP contribution in [-0.2, 0) is 6.42 Å². The van der Waals surface area contributed by atoms with Crippen LogP contribution in [0.5, 0.6) is 5.75 Å². The van der Waals surface area contributed by atoms with Crippen LogP contribution >= 0.6 is 22.6 Å². The van der Waals surface area contributed by atoms with Gasteiger partial charge in [-0.15, -0.1) is 0 Å². The van der Waals surface area contributed by atoms with Gasteiger partial charge in [0, 0.05) is 9.99 Å². The molecule has 0 aliphatic heterocycles. The van der Waals surface area contributed by atoms with E-state index in [1.807, 2.05) is 24.3 Å². The topological polar surface area (TPSA) is 29.5 Å². The summed E-state index contributed by atoms with van der Waals surface area (Å²) in [4.78, 5) is 0. The Labute approximate surface area is 125 Å². The van der Waals surface area contributed by atoms with Crippen molar-refractivity contribution in [1.29, 1.82) is 0 Å². The summed E-state index contributed by atoms with van der Waals surface area (Å²) >= 11 is 2.21. The van der Waals surface area contributed by atoms with E-state index in [0.29, 0.717) is 6.42 Å². The van der Waals surface area contributed by atoms with Crippen molar-refractivity contribution in [3.05, 3.63) is 63.0 Å². The van der Waals surface area contributed by atoms with Crippen molar-refractivity contribution in [2.24, 2.45) is 0 Å². The maximum Gasteiger partial charge on any atom is 0.165 e. The Morgan fingerprint density at radius 2 is 1.89 bits per heavy atom. The lowest BCUT2D eigenvalue weighted by molar-refractivity contribution is 0.178. The molecule has 0 amide bonds. The fourth-order valence-electron chi connectivity index (χ4n) is 1.86. The van der Waals surface area contributed by atoms with Crippen molar-refractivity contribution in [3.63, 3.8) is 0 Å². The Morgan fingerprint density at radius 1 is 1.21 bits per heavy atom. The molecule has 4 heteroatoms. The van der Waals surface area contributed by atoms with Gasteiger partial charge in [0.15, 0.2) is 11.6 Å². The summed E-state index contributed by atoms with van der Waals surface area (Å²) in [5, 5.41) is 10.1. The molecule has 0 fully saturated rings. The van der Waals surface area contributed by atoms with Crippen molar-refractivity contribution in [1.82, 2.24) is 0 Å². The highest BCUT2D eigenvalue weighted by Crippen LogP contribution is 2.23. The van der Waals surface area contributed by atoms with Gasteiger partial charge < -0.3 is 9.84 Å². The summed E-state index contributed by atoms with van der Waals surface area (Å²) in [6.45, 7) is 0. The van der Waals surface area contributed by atoms with Crippen LogP contribution in [0.15, 0.2) is 42.5 Å². The normalized spacial score (nSPS) is 12.2. The number of methoxy groups -OCH3 is 1. The number of hydrogen-bond donors (Lipinski definition) is 1. The van der Waals surface area contributed by atoms with Gasteiger partial charge in [-0.1, -0.05) is 18.2 Å². The molecule has 0 aromatic heterocycles. The minimum Gasteiger partial charge on any atom is -0.494 e. The summed E-state index contributed by atoms with van der Waals surface area (Å²) in [7, 11) is 1.43. The molecule has 0 radical (unpaired) electrons.